The predicted molar refractivity (Wildman–Crippen MR) is 59.0 cm³/mol. The van der Waals surface area contributed by atoms with Gasteiger partial charge in [-0.2, -0.15) is 0 Å². The average Bonchev–Trinajstić information content (AvgIpc) is 2.75. The van der Waals surface area contributed by atoms with Gasteiger partial charge in [-0.3, -0.25) is 19.7 Å². The number of rotatable bonds is 2. The van der Waals surface area contributed by atoms with E-state index in [0.717, 1.165) is 4.90 Å². The summed E-state index contributed by atoms with van der Waals surface area (Å²) in [6.45, 7) is -0.345. The number of carboxylic acids is 1. The van der Waals surface area contributed by atoms with Crippen LogP contribution in [0.4, 0.5) is 4.79 Å². The highest BCUT2D eigenvalue weighted by Crippen LogP contribution is 2.14. The number of amides is 4. The maximum Gasteiger partial charge on any atom is 0.318 e. The van der Waals surface area contributed by atoms with Crippen molar-refractivity contribution in [3.63, 3.8) is 0 Å². The van der Waals surface area contributed by atoms with Crippen LogP contribution in [0, 0.1) is 5.92 Å². The molecule has 9 nitrogen and oxygen atoms in total. The zero-order valence-electron chi connectivity index (χ0n) is 9.92. The molecule has 4 amide bonds. The highest BCUT2D eigenvalue weighted by atomic mass is 16.5. The Balaban J connectivity index is 1.95. The first kappa shape index (κ1) is 13.3. The summed E-state index contributed by atoms with van der Waals surface area (Å²) < 4.78 is 5.00. The molecular weight excluding hydrogens is 258 g/mol. The minimum absolute atomic E-state index is 0.0275. The predicted octanol–water partition coefficient (Wildman–Crippen LogP) is -2.25. The molecule has 2 unspecified atom stereocenters. The van der Waals surface area contributed by atoms with Crippen LogP contribution in [0.1, 0.15) is 0 Å². The molecule has 0 aromatic heterocycles. The topological polar surface area (TPSA) is 125 Å². The van der Waals surface area contributed by atoms with E-state index in [-0.39, 0.29) is 26.3 Å². The SMILES string of the molecule is O=C1CN(C(=O)NC2COCC2C(=O)O)CC(=O)N1. The van der Waals surface area contributed by atoms with E-state index >= 15 is 0 Å². The van der Waals surface area contributed by atoms with E-state index in [9.17, 15) is 19.2 Å². The highest BCUT2D eigenvalue weighted by molar-refractivity contribution is 6.02. The Morgan fingerprint density at radius 1 is 1.26 bits per heavy atom. The molecule has 2 aliphatic rings. The summed E-state index contributed by atoms with van der Waals surface area (Å²) in [5, 5.41) is 13.5. The van der Waals surface area contributed by atoms with Crippen LogP contribution in [0.2, 0.25) is 0 Å². The molecule has 0 saturated carbocycles. The van der Waals surface area contributed by atoms with Crippen LogP contribution in [0.5, 0.6) is 0 Å². The molecule has 19 heavy (non-hydrogen) atoms. The number of ether oxygens (including phenoxy) is 1. The van der Waals surface area contributed by atoms with Crippen molar-refractivity contribution in [2.24, 2.45) is 5.92 Å². The number of imide groups is 1. The van der Waals surface area contributed by atoms with Gasteiger partial charge in [0.2, 0.25) is 11.8 Å². The molecule has 0 aromatic carbocycles. The standard InChI is InChI=1S/C10H13N3O6/c14-7-1-13(2-8(15)12-7)10(18)11-6-4-19-3-5(6)9(16)17/h5-6H,1-4H2,(H,11,18)(H,16,17)(H,12,14,15). The Kier molecular flexibility index (Phi) is 3.65. The number of carbonyl (C=O) groups is 4. The molecule has 0 spiro atoms. The molecule has 3 N–H and O–H groups in total. The Morgan fingerprint density at radius 2 is 1.89 bits per heavy atom. The highest BCUT2D eigenvalue weighted by Gasteiger charge is 2.37. The molecule has 104 valence electrons. The number of carboxylic acid groups (broad SMARTS) is 1. The molecule has 2 fully saturated rings. The van der Waals surface area contributed by atoms with Gasteiger partial charge >= 0.3 is 12.0 Å². The lowest BCUT2D eigenvalue weighted by Crippen LogP contribution is -2.57. The fourth-order valence-electron chi connectivity index (χ4n) is 1.97. The summed E-state index contributed by atoms with van der Waals surface area (Å²) in [5.74, 6) is -3.01. The summed E-state index contributed by atoms with van der Waals surface area (Å²) in [7, 11) is 0. The number of aliphatic carboxylic acids is 1. The van der Waals surface area contributed by atoms with Gasteiger partial charge in [-0.25, -0.2) is 4.79 Å². The second-order valence-electron chi connectivity index (χ2n) is 4.37. The summed E-state index contributed by atoms with van der Waals surface area (Å²) in [4.78, 5) is 46.0. The maximum absolute atomic E-state index is 11.8. The van der Waals surface area contributed by atoms with E-state index in [1.165, 1.54) is 0 Å². The number of nitrogens with one attached hydrogen (secondary N) is 2. The summed E-state index contributed by atoms with van der Waals surface area (Å²) in [6.07, 6.45) is 0. The third kappa shape index (κ3) is 2.99. The van der Waals surface area contributed by atoms with Crippen molar-refractivity contribution in [1.29, 1.82) is 0 Å². The Labute approximate surface area is 107 Å². The second-order valence-corrected chi connectivity index (χ2v) is 4.37. The zero-order chi connectivity index (χ0) is 14.0. The number of nitrogens with zero attached hydrogens (tertiary/aromatic N) is 1. The summed E-state index contributed by atoms with van der Waals surface area (Å²) in [5.41, 5.74) is 0. The molecule has 0 radical (unpaired) electrons. The van der Waals surface area contributed by atoms with Crippen LogP contribution in [0.15, 0.2) is 0 Å². The largest absolute Gasteiger partial charge is 0.481 e. The minimum Gasteiger partial charge on any atom is -0.481 e. The monoisotopic (exact) mass is 271 g/mol. The zero-order valence-corrected chi connectivity index (χ0v) is 9.92. The maximum atomic E-state index is 11.8. The van der Waals surface area contributed by atoms with E-state index in [4.69, 9.17) is 9.84 Å². The molecule has 0 bridgehead atoms. The van der Waals surface area contributed by atoms with Gasteiger partial charge in [0, 0.05) is 0 Å². The van der Waals surface area contributed by atoms with Gasteiger partial charge in [0.25, 0.3) is 0 Å². The third-order valence-corrected chi connectivity index (χ3v) is 2.94. The van der Waals surface area contributed by atoms with Gasteiger partial charge in [-0.05, 0) is 0 Å². The molecule has 2 atom stereocenters. The Morgan fingerprint density at radius 3 is 2.47 bits per heavy atom. The minimum atomic E-state index is -1.06. The molecule has 9 heteroatoms. The van der Waals surface area contributed by atoms with Crippen LogP contribution < -0.4 is 10.6 Å². The van der Waals surface area contributed by atoms with Crippen molar-refractivity contribution in [2.45, 2.75) is 6.04 Å². The van der Waals surface area contributed by atoms with Gasteiger partial charge < -0.3 is 20.1 Å². The molecule has 2 heterocycles. The summed E-state index contributed by atoms with van der Waals surface area (Å²) >= 11 is 0. The van der Waals surface area contributed by atoms with Crippen molar-refractivity contribution in [2.75, 3.05) is 26.3 Å². The first-order valence-electron chi connectivity index (χ1n) is 5.66. The number of hydrogen-bond acceptors (Lipinski definition) is 5. The number of piperazine rings is 1. The Bertz CT molecular complexity index is 421. The first-order chi connectivity index (χ1) is 8.97. The fourth-order valence-corrected chi connectivity index (χ4v) is 1.97. The van der Waals surface area contributed by atoms with E-state index in [0.29, 0.717) is 0 Å². The smallest absolute Gasteiger partial charge is 0.318 e. The van der Waals surface area contributed by atoms with Gasteiger partial charge in [0.05, 0.1) is 19.3 Å². The van der Waals surface area contributed by atoms with Crippen molar-refractivity contribution >= 4 is 23.8 Å². The molecular formula is C10H13N3O6. The van der Waals surface area contributed by atoms with Crippen molar-refractivity contribution in [3.05, 3.63) is 0 Å². The summed E-state index contributed by atoms with van der Waals surface area (Å²) in [6, 6.07) is -1.31. The van der Waals surface area contributed by atoms with Gasteiger partial charge in [-0.15, -0.1) is 0 Å². The normalized spacial score (nSPS) is 27.1. The van der Waals surface area contributed by atoms with E-state index in [2.05, 4.69) is 10.6 Å². The lowest BCUT2D eigenvalue weighted by atomic mass is 10.0. The molecule has 2 saturated heterocycles. The second kappa shape index (κ2) is 5.22. The first-order valence-corrected chi connectivity index (χ1v) is 5.66. The van der Waals surface area contributed by atoms with Crippen LogP contribution >= 0.6 is 0 Å². The van der Waals surface area contributed by atoms with Crippen LogP contribution in [-0.2, 0) is 19.1 Å². The van der Waals surface area contributed by atoms with Gasteiger partial charge in [0.15, 0.2) is 0 Å². The lowest BCUT2D eigenvalue weighted by molar-refractivity contribution is -0.142. The quantitative estimate of drug-likeness (QED) is 0.487. The van der Waals surface area contributed by atoms with Crippen molar-refractivity contribution in [1.82, 2.24) is 15.5 Å². The van der Waals surface area contributed by atoms with Gasteiger partial charge in [0.1, 0.15) is 19.0 Å². The van der Waals surface area contributed by atoms with Crippen LogP contribution in [0.25, 0.3) is 0 Å². The number of carbonyl (C=O) groups excluding carboxylic acids is 3. The number of hydrogen-bond donors (Lipinski definition) is 3. The van der Waals surface area contributed by atoms with Crippen LogP contribution in [0.3, 0.4) is 0 Å². The molecule has 2 rings (SSSR count). The van der Waals surface area contributed by atoms with E-state index < -0.39 is 35.8 Å². The Hall–Kier alpha value is -2.16. The van der Waals surface area contributed by atoms with Crippen molar-refractivity contribution in [3.8, 4) is 0 Å². The molecule has 2 aliphatic heterocycles. The molecule has 0 aliphatic carbocycles. The third-order valence-electron chi connectivity index (χ3n) is 2.94. The van der Waals surface area contributed by atoms with Crippen molar-refractivity contribution < 1.29 is 29.0 Å². The number of urea groups is 1. The lowest BCUT2D eigenvalue weighted by Gasteiger charge is -2.27. The fraction of sp³-hybridized carbons (Fsp3) is 0.600. The van der Waals surface area contributed by atoms with Crippen LogP contribution in [-0.4, -0.2) is 66.2 Å². The van der Waals surface area contributed by atoms with E-state index in [1.54, 1.807) is 0 Å². The molecule has 0 aromatic rings. The average molecular weight is 271 g/mol. The van der Waals surface area contributed by atoms with E-state index in [1.807, 2.05) is 0 Å². The van der Waals surface area contributed by atoms with Gasteiger partial charge in [-0.1, -0.05) is 0 Å².